The summed E-state index contributed by atoms with van der Waals surface area (Å²) in [6.07, 6.45) is 1.12. The molecule has 0 N–H and O–H groups in total. The summed E-state index contributed by atoms with van der Waals surface area (Å²) in [5, 5.41) is 0. The zero-order valence-corrected chi connectivity index (χ0v) is 11.6. The predicted octanol–water partition coefficient (Wildman–Crippen LogP) is 3.95. The molecule has 0 aliphatic rings. The van der Waals surface area contributed by atoms with E-state index in [1.807, 2.05) is 0 Å². The van der Waals surface area contributed by atoms with Gasteiger partial charge in [0.15, 0.2) is 0 Å². The van der Waals surface area contributed by atoms with Gasteiger partial charge in [0.1, 0.15) is 5.75 Å². The molecular weight excluding hydrogens is 216 g/mol. The average Bonchev–Trinajstić information content (AvgIpc) is 2.29. The van der Waals surface area contributed by atoms with Crippen molar-refractivity contribution in [2.24, 2.45) is 5.92 Å². The van der Waals surface area contributed by atoms with E-state index in [9.17, 15) is 0 Å². The zero-order chi connectivity index (χ0) is 12.1. The van der Waals surface area contributed by atoms with Crippen molar-refractivity contribution in [1.82, 2.24) is 0 Å². The first kappa shape index (κ1) is 13.4. The van der Waals surface area contributed by atoms with Crippen LogP contribution in [0.4, 0.5) is 0 Å². The SMILES string of the molecule is CCC(CS)COc1c(C)ccc(C)c1C. The molecule has 0 heterocycles. The molecule has 0 bridgehead atoms. The third-order valence-corrected chi connectivity index (χ3v) is 3.69. The zero-order valence-electron chi connectivity index (χ0n) is 10.7. The molecule has 2 heteroatoms. The summed E-state index contributed by atoms with van der Waals surface area (Å²) in [4.78, 5) is 0. The number of hydrogen-bond donors (Lipinski definition) is 1. The quantitative estimate of drug-likeness (QED) is 0.764. The highest BCUT2D eigenvalue weighted by atomic mass is 32.1. The van der Waals surface area contributed by atoms with Gasteiger partial charge in [-0.25, -0.2) is 0 Å². The molecule has 1 unspecified atom stereocenters. The molecule has 0 aliphatic carbocycles. The number of aryl methyl sites for hydroxylation is 2. The van der Waals surface area contributed by atoms with Crippen LogP contribution in [0.15, 0.2) is 12.1 Å². The van der Waals surface area contributed by atoms with Crippen LogP contribution in [0.25, 0.3) is 0 Å². The Balaban J connectivity index is 2.77. The van der Waals surface area contributed by atoms with Crippen molar-refractivity contribution in [2.45, 2.75) is 34.1 Å². The number of thiol groups is 1. The molecule has 1 rings (SSSR count). The lowest BCUT2D eigenvalue weighted by molar-refractivity contribution is 0.256. The molecule has 16 heavy (non-hydrogen) atoms. The van der Waals surface area contributed by atoms with E-state index in [4.69, 9.17) is 4.74 Å². The van der Waals surface area contributed by atoms with Gasteiger partial charge in [-0.3, -0.25) is 0 Å². The van der Waals surface area contributed by atoms with E-state index in [1.165, 1.54) is 16.7 Å². The lowest BCUT2D eigenvalue weighted by Crippen LogP contribution is -2.13. The lowest BCUT2D eigenvalue weighted by Gasteiger charge is -2.17. The number of benzene rings is 1. The topological polar surface area (TPSA) is 9.23 Å². The number of hydrogen-bond acceptors (Lipinski definition) is 2. The van der Waals surface area contributed by atoms with E-state index in [0.717, 1.165) is 24.5 Å². The predicted molar refractivity (Wildman–Crippen MR) is 73.8 cm³/mol. The molecule has 0 saturated carbocycles. The van der Waals surface area contributed by atoms with Crippen molar-refractivity contribution in [3.05, 3.63) is 28.8 Å². The van der Waals surface area contributed by atoms with Crippen LogP contribution in [-0.2, 0) is 0 Å². The molecule has 0 fully saturated rings. The summed E-state index contributed by atoms with van der Waals surface area (Å²) < 4.78 is 5.94. The van der Waals surface area contributed by atoms with Crippen LogP contribution in [0.3, 0.4) is 0 Å². The number of rotatable bonds is 5. The Morgan fingerprint density at radius 1 is 1.19 bits per heavy atom. The van der Waals surface area contributed by atoms with E-state index in [0.29, 0.717) is 5.92 Å². The highest BCUT2D eigenvalue weighted by Gasteiger charge is 2.09. The maximum Gasteiger partial charge on any atom is 0.125 e. The molecule has 0 aromatic heterocycles. The minimum absolute atomic E-state index is 0.544. The minimum atomic E-state index is 0.544. The van der Waals surface area contributed by atoms with E-state index in [1.54, 1.807) is 0 Å². The Hall–Kier alpha value is -0.630. The van der Waals surface area contributed by atoms with Gasteiger partial charge in [0.05, 0.1) is 6.61 Å². The Kier molecular flexibility index (Phi) is 5.20. The first-order valence-electron chi connectivity index (χ1n) is 5.90. The monoisotopic (exact) mass is 238 g/mol. The highest BCUT2D eigenvalue weighted by molar-refractivity contribution is 7.80. The van der Waals surface area contributed by atoms with Gasteiger partial charge < -0.3 is 4.74 Å². The second-order valence-corrected chi connectivity index (χ2v) is 4.79. The lowest BCUT2D eigenvalue weighted by atomic mass is 10.1. The fraction of sp³-hybridized carbons (Fsp3) is 0.571. The van der Waals surface area contributed by atoms with Gasteiger partial charge in [0, 0.05) is 5.92 Å². The second-order valence-electron chi connectivity index (χ2n) is 4.42. The summed E-state index contributed by atoms with van der Waals surface area (Å²) in [7, 11) is 0. The van der Waals surface area contributed by atoms with Crippen LogP contribution in [0.5, 0.6) is 5.75 Å². The van der Waals surface area contributed by atoms with Crippen LogP contribution < -0.4 is 4.74 Å². The standard InChI is InChI=1S/C14H22OS/c1-5-13(9-16)8-15-14-11(3)7-6-10(2)12(14)4/h6-7,13,16H,5,8-9H2,1-4H3. The van der Waals surface area contributed by atoms with Crippen molar-refractivity contribution in [3.63, 3.8) is 0 Å². The van der Waals surface area contributed by atoms with E-state index >= 15 is 0 Å². The van der Waals surface area contributed by atoms with Gasteiger partial charge in [0.25, 0.3) is 0 Å². The first-order chi connectivity index (χ1) is 7.60. The minimum Gasteiger partial charge on any atom is -0.493 e. The third kappa shape index (κ3) is 3.18. The van der Waals surface area contributed by atoms with Crippen molar-refractivity contribution in [3.8, 4) is 5.75 Å². The maximum atomic E-state index is 5.94. The Morgan fingerprint density at radius 2 is 1.81 bits per heavy atom. The Labute approximate surface area is 105 Å². The van der Waals surface area contributed by atoms with Gasteiger partial charge in [-0.15, -0.1) is 0 Å². The Morgan fingerprint density at radius 3 is 2.38 bits per heavy atom. The van der Waals surface area contributed by atoms with Crippen molar-refractivity contribution in [1.29, 1.82) is 0 Å². The highest BCUT2D eigenvalue weighted by Crippen LogP contribution is 2.26. The molecule has 90 valence electrons. The van der Waals surface area contributed by atoms with Gasteiger partial charge in [-0.2, -0.15) is 12.6 Å². The summed E-state index contributed by atoms with van der Waals surface area (Å²) in [5.74, 6) is 2.49. The molecular formula is C14H22OS. The molecule has 1 aromatic rings. The van der Waals surface area contributed by atoms with Gasteiger partial charge in [-0.1, -0.05) is 19.1 Å². The Bertz CT molecular complexity index is 343. The smallest absolute Gasteiger partial charge is 0.125 e. The number of ether oxygens (including phenoxy) is 1. The molecule has 0 radical (unpaired) electrons. The van der Waals surface area contributed by atoms with Crippen molar-refractivity contribution in [2.75, 3.05) is 12.4 Å². The van der Waals surface area contributed by atoms with Crippen LogP contribution in [0.1, 0.15) is 30.0 Å². The summed E-state index contributed by atoms with van der Waals surface area (Å²) >= 11 is 4.33. The molecule has 0 amide bonds. The summed E-state index contributed by atoms with van der Waals surface area (Å²) in [6, 6.07) is 4.27. The second kappa shape index (κ2) is 6.19. The van der Waals surface area contributed by atoms with E-state index in [-0.39, 0.29) is 0 Å². The van der Waals surface area contributed by atoms with Crippen molar-refractivity contribution < 1.29 is 4.74 Å². The van der Waals surface area contributed by atoms with Crippen LogP contribution in [-0.4, -0.2) is 12.4 Å². The summed E-state index contributed by atoms with van der Waals surface area (Å²) in [5.41, 5.74) is 3.77. The molecule has 0 spiro atoms. The van der Waals surface area contributed by atoms with Crippen LogP contribution in [0.2, 0.25) is 0 Å². The van der Waals surface area contributed by atoms with E-state index < -0.39 is 0 Å². The van der Waals surface area contributed by atoms with Gasteiger partial charge >= 0.3 is 0 Å². The summed E-state index contributed by atoms with van der Waals surface area (Å²) in [6.45, 7) is 9.30. The molecule has 0 aliphatic heterocycles. The molecule has 0 saturated heterocycles. The van der Waals surface area contributed by atoms with Gasteiger partial charge in [0.2, 0.25) is 0 Å². The fourth-order valence-corrected chi connectivity index (χ4v) is 2.01. The molecule has 1 aromatic carbocycles. The van der Waals surface area contributed by atoms with Gasteiger partial charge in [-0.05, 0) is 49.6 Å². The van der Waals surface area contributed by atoms with Crippen molar-refractivity contribution >= 4 is 12.6 Å². The average molecular weight is 238 g/mol. The fourth-order valence-electron chi connectivity index (χ4n) is 1.65. The van der Waals surface area contributed by atoms with Crippen LogP contribution >= 0.6 is 12.6 Å². The van der Waals surface area contributed by atoms with E-state index in [2.05, 4.69) is 52.5 Å². The molecule has 1 nitrogen and oxygen atoms in total. The normalized spacial score (nSPS) is 12.6. The third-order valence-electron chi connectivity index (χ3n) is 3.17. The van der Waals surface area contributed by atoms with Crippen LogP contribution in [0, 0.1) is 26.7 Å². The maximum absolute atomic E-state index is 5.94. The molecule has 1 atom stereocenters. The largest absolute Gasteiger partial charge is 0.493 e. The first-order valence-corrected chi connectivity index (χ1v) is 6.53.